The average Bonchev–Trinajstić information content (AvgIpc) is 3.05. The zero-order valence-electron chi connectivity index (χ0n) is 14.8. The van der Waals surface area contributed by atoms with Gasteiger partial charge in [0.15, 0.2) is 5.82 Å². The van der Waals surface area contributed by atoms with E-state index in [1.54, 1.807) is 0 Å². The Morgan fingerprint density at radius 2 is 2.00 bits per heavy atom. The summed E-state index contributed by atoms with van der Waals surface area (Å²) in [6.07, 6.45) is 6.08. The van der Waals surface area contributed by atoms with Crippen LogP contribution in [-0.4, -0.2) is 26.1 Å². The maximum absolute atomic E-state index is 5.88. The first-order valence-electron chi connectivity index (χ1n) is 8.95. The van der Waals surface area contributed by atoms with Gasteiger partial charge in [0.25, 0.3) is 0 Å². The fourth-order valence-corrected chi connectivity index (χ4v) is 3.23. The van der Waals surface area contributed by atoms with Crippen LogP contribution in [0.1, 0.15) is 25.5 Å². The molecule has 0 saturated carbocycles. The Morgan fingerprint density at radius 1 is 1.12 bits per heavy atom. The van der Waals surface area contributed by atoms with Gasteiger partial charge in [-0.05, 0) is 23.9 Å². The van der Waals surface area contributed by atoms with Crippen LogP contribution < -0.4 is 11.1 Å². The van der Waals surface area contributed by atoms with Gasteiger partial charge in [0, 0.05) is 24.3 Å². The van der Waals surface area contributed by atoms with Crippen molar-refractivity contribution in [2.45, 2.75) is 26.3 Å². The topological polar surface area (TPSA) is 81.6 Å². The summed E-state index contributed by atoms with van der Waals surface area (Å²) in [6.45, 7) is 3.68. The fraction of sp³-hybridized carbons (Fsp3) is 0.250. The lowest BCUT2D eigenvalue weighted by molar-refractivity contribution is 0.808. The molecule has 0 aliphatic carbocycles. The molecule has 0 radical (unpaired) electrons. The van der Waals surface area contributed by atoms with Crippen molar-refractivity contribution in [2.24, 2.45) is 0 Å². The van der Waals surface area contributed by atoms with Gasteiger partial charge >= 0.3 is 0 Å². The van der Waals surface area contributed by atoms with Crippen LogP contribution in [0.25, 0.3) is 21.8 Å². The van der Waals surface area contributed by atoms with E-state index in [-0.39, 0.29) is 5.95 Å². The summed E-state index contributed by atoms with van der Waals surface area (Å²) < 4.78 is 2.14. The Labute approximate surface area is 152 Å². The predicted molar refractivity (Wildman–Crippen MR) is 106 cm³/mol. The van der Waals surface area contributed by atoms with E-state index < -0.39 is 0 Å². The number of nitrogens with zero attached hydrogens (tertiary/aromatic N) is 4. The molecule has 0 fully saturated rings. The molecule has 4 rings (SSSR count). The van der Waals surface area contributed by atoms with Gasteiger partial charge in [-0.25, -0.2) is 4.98 Å². The normalized spacial score (nSPS) is 11.3. The number of pyridine rings is 1. The molecule has 3 heterocycles. The van der Waals surface area contributed by atoms with Gasteiger partial charge in [-0.2, -0.15) is 4.98 Å². The highest BCUT2D eigenvalue weighted by Gasteiger charge is 2.13. The first kappa shape index (κ1) is 16.3. The van der Waals surface area contributed by atoms with Gasteiger partial charge in [0.1, 0.15) is 5.52 Å². The highest BCUT2D eigenvalue weighted by atomic mass is 15.1. The van der Waals surface area contributed by atoms with E-state index in [4.69, 9.17) is 5.73 Å². The maximum Gasteiger partial charge on any atom is 0.222 e. The largest absolute Gasteiger partial charge is 0.368 e. The molecule has 1 aromatic carbocycles. The molecule has 4 aromatic rings. The molecule has 26 heavy (non-hydrogen) atoms. The molecule has 0 amide bonds. The average molecular weight is 346 g/mol. The SMILES string of the molecule is CCCCNc1nc(N)nc2ccn(Cc3nccc4ccccc34)c12. The van der Waals surface area contributed by atoms with Crippen molar-refractivity contribution in [2.75, 3.05) is 17.6 Å². The Balaban J connectivity index is 1.76. The molecule has 0 aliphatic heterocycles. The summed E-state index contributed by atoms with van der Waals surface area (Å²) in [5, 5.41) is 5.76. The summed E-state index contributed by atoms with van der Waals surface area (Å²) in [4.78, 5) is 13.4. The Kier molecular flexibility index (Phi) is 4.39. The quantitative estimate of drug-likeness (QED) is 0.519. The molecule has 3 N–H and O–H groups in total. The summed E-state index contributed by atoms with van der Waals surface area (Å²) in [5.41, 5.74) is 8.71. The predicted octanol–water partition coefficient (Wildman–Crippen LogP) is 3.82. The van der Waals surface area contributed by atoms with E-state index in [1.165, 1.54) is 5.39 Å². The van der Waals surface area contributed by atoms with E-state index in [2.05, 4.69) is 43.9 Å². The zero-order chi connectivity index (χ0) is 17.9. The van der Waals surface area contributed by atoms with Crippen molar-refractivity contribution >= 4 is 33.6 Å². The fourth-order valence-electron chi connectivity index (χ4n) is 3.23. The van der Waals surface area contributed by atoms with Crippen LogP contribution in [0.5, 0.6) is 0 Å². The molecule has 0 saturated heterocycles. The third-order valence-corrected chi connectivity index (χ3v) is 4.53. The number of hydrogen-bond donors (Lipinski definition) is 2. The third-order valence-electron chi connectivity index (χ3n) is 4.53. The van der Waals surface area contributed by atoms with Crippen LogP contribution in [0.4, 0.5) is 11.8 Å². The molecule has 0 unspecified atom stereocenters. The van der Waals surface area contributed by atoms with Gasteiger partial charge in [-0.1, -0.05) is 37.6 Å². The molecule has 6 nitrogen and oxygen atoms in total. The summed E-state index contributed by atoms with van der Waals surface area (Å²) >= 11 is 0. The number of unbranched alkanes of at least 4 members (excludes halogenated alkanes) is 1. The summed E-state index contributed by atoms with van der Waals surface area (Å²) in [6, 6.07) is 12.3. The minimum atomic E-state index is 0.289. The highest BCUT2D eigenvalue weighted by molar-refractivity contribution is 5.88. The van der Waals surface area contributed by atoms with Crippen LogP contribution in [0.3, 0.4) is 0 Å². The minimum absolute atomic E-state index is 0.289. The lowest BCUT2D eigenvalue weighted by atomic mass is 10.1. The van der Waals surface area contributed by atoms with Crippen LogP contribution in [-0.2, 0) is 6.54 Å². The number of fused-ring (bicyclic) bond motifs is 2. The number of benzene rings is 1. The number of aromatic nitrogens is 4. The molecular weight excluding hydrogens is 324 g/mol. The Hall–Kier alpha value is -3.15. The summed E-state index contributed by atoms with van der Waals surface area (Å²) in [7, 11) is 0. The van der Waals surface area contributed by atoms with Crippen LogP contribution in [0.2, 0.25) is 0 Å². The molecule has 0 spiro atoms. The molecule has 0 atom stereocenters. The maximum atomic E-state index is 5.88. The lowest BCUT2D eigenvalue weighted by Crippen LogP contribution is -2.09. The van der Waals surface area contributed by atoms with Gasteiger partial charge in [-0.3, -0.25) is 4.98 Å². The number of anilines is 2. The van der Waals surface area contributed by atoms with Gasteiger partial charge in [0.05, 0.1) is 17.8 Å². The monoisotopic (exact) mass is 346 g/mol. The third kappa shape index (κ3) is 3.06. The Morgan fingerprint density at radius 3 is 2.88 bits per heavy atom. The van der Waals surface area contributed by atoms with Gasteiger partial charge < -0.3 is 15.6 Å². The van der Waals surface area contributed by atoms with Crippen molar-refractivity contribution in [3.63, 3.8) is 0 Å². The van der Waals surface area contributed by atoms with E-state index >= 15 is 0 Å². The van der Waals surface area contributed by atoms with Crippen molar-refractivity contribution in [3.8, 4) is 0 Å². The smallest absolute Gasteiger partial charge is 0.222 e. The van der Waals surface area contributed by atoms with Gasteiger partial charge in [-0.15, -0.1) is 0 Å². The van der Waals surface area contributed by atoms with Crippen LogP contribution >= 0.6 is 0 Å². The number of hydrogen-bond acceptors (Lipinski definition) is 5. The van der Waals surface area contributed by atoms with E-state index in [1.807, 2.05) is 36.7 Å². The van der Waals surface area contributed by atoms with E-state index in [0.717, 1.165) is 47.3 Å². The summed E-state index contributed by atoms with van der Waals surface area (Å²) in [5.74, 6) is 1.07. The minimum Gasteiger partial charge on any atom is -0.368 e. The first-order valence-corrected chi connectivity index (χ1v) is 8.95. The second-order valence-corrected chi connectivity index (χ2v) is 6.37. The van der Waals surface area contributed by atoms with Crippen molar-refractivity contribution in [3.05, 3.63) is 54.5 Å². The first-order chi connectivity index (χ1) is 12.8. The lowest BCUT2D eigenvalue weighted by Gasteiger charge is -2.12. The molecule has 132 valence electrons. The number of nitrogens with one attached hydrogen (secondary N) is 1. The van der Waals surface area contributed by atoms with Crippen molar-refractivity contribution in [1.82, 2.24) is 19.5 Å². The molecule has 0 bridgehead atoms. The standard InChI is InChI=1S/C20H22N6/c1-2-3-10-23-19-18-16(24-20(21)25-19)9-12-26(18)13-17-15-7-5-4-6-14(15)8-11-22-17/h4-9,11-12H,2-3,10,13H2,1H3,(H3,21,23,24,25). The van der Waals surface area contributed by atoms with Gasteiger partial charge in [0.2, 0.25) is 5.95 Å². The van der Waals surface area contributed by atoms with Crippen LogP contribution in [0, 0.1) is 0 Å². The molecular formula is C20H22N6. The highest BCUT2D eigenvalue weighted by Crippen LogP contribution is 2.25. The number of nitrogens with two attached hydrogens (primary N) is 1. The van der Waals surface area contributed by atoms with Crippen LogP contribution in [0.15, 0.2) is 48.8 Å². The second-order valence-electron chi connectivity index (χ2n) is 6.37. The molecule has 6 heteroatoms. The number of rotatable bonds is 6. The Bertz CT molecular complexity index is 1050. The number of nitrogen functional groups attached to an aromatic ring is 1. The van der Waals surface area contributed by atoms with Crippen molar-refractivity contribution < 1.29 is 0 Å². The van der Waals surface area contributed by atoms with E-state index in [9.17, 15) is 0 Å². The van der Waals surface area contributed by atoms with E-state index in [0.29, 0.717) is 6.54 Å². The molecule has 0 aliphatic rings. The zero-order valence-corrected chi connectivity index (χ0v) is 14.8. The second kappa shape index (κ2) is 7.00. The molecule has 3 aromatic heterocycles. The van der Waals surface area contributed by atoms with Crippen molar-refractivity contribution in [1.29, 1.82) is 0 Å².